The molecule has 1 radical (unpaired) electrons. The topological polar surface area (TPSA) is 90.7 Å². The van der Waals surface area contributed by atoms with Crippen LogP contribution in [0.2, 0.25) is 0 Å². The highest BCUT2D eigenvalue weighted by Crippen LogP contribution is 2.13. The van der Waals surface area contributed by atoms with Crippen LogP contribution in [0.4, 0.5) is 4.79 Å². The first-order valence-corrected chi connectivity index (χ1v) is 6.91. The van der Waals surface area contributed by atoms with Gasteiger partial charge in [-0.15, -0.1) is 0 Å². The van der Waals surface area contributed by atoms with Gasteiger partial charge in [0, 0.05) is 19.3 Å². The molecule has 113 valence electrons. The minimum atomic E-state index is -0.842. The Labute approximate surface area is 123 Å². The van der Waals surface area contributed by atoms with E-state index in [0.717, 1.165) is 18.4 Å². The third-order valence-electron chi connectivity index (χ3n) is 3.23. The van der Waals surface area contributed by atoms with Crippen LogP contribution in [0, 0.1) is 6.42 Å². The summed E-state index contributed by atoms with van der Waals surface area (Å²) in [5.41, 5.74) is 5.87. The first-order valence-electron chi connectivity index (χ1n) is 6.91. The Bertz CT molecular complexity index is 481. The third-order valence-corrected chi connectivity index (χ3v) is 3.23. The second kappa shape index (κ2) is 7.64. The summed E-state index contributed by atoms with van der Waals surface area (Å²) in [7, 11) is 0. The van der Waals surface area contributed by atoms with E-state index in [1.54, 1.807) is 30.7 Å². The van der Waals surface area contributed by atoms with Crippen LogP contribution >= 0.6 is 0 Å². The Morgan fingerprint density at radius 2 is 1.95 bits per heavy atom. The van der Waals surface area contributed by atoms with Crippen LogP contribution in [-0.2, 0) is 16.0 Å². The molecule has 1 fully saturated rings. The lowest BCUT2D eigenvalue weighted by molar-refractivity contribution is -0.119. The summed E-state index contributed by atoms with van der Waals surface area (Å²) in [6.45, 7) is 1.40. The van der Waals surface area contributed by atoms with Crippen LogP contribution < -0.4 is 15.8 Å². The van der Waals surface area contributed by atoms with E-state index >= 15 is 0 Å². The van der Waals surface area contributed by atoms with E-state index < -0.39 is 6.09 Å². The van der Waals surface area contributed by atoms with Gasteiger partial charge >= 0.3 is 6.09 Å². The van der Waals surface area contributed by atoms with Crippen molar-refractivity contribution in [1.82, 2.24) is 5.32 Å². The maximum atomic E-state index is 11.8. The quantitative estimate of drug-likeness (QED) is 0.852. The summed E-state index contributed by atoms with van der Waals surface area (Å²) < 4.78 is 9.98. The van der Waals surface area contributed by atoms with E-state index in [2.05, 4.69) is 5.32 Å². The molecule has 0 aliphatic carbocycles. The molecule has 6 heteroatoms. The van der Waals surface area contributed by atoms with Gasteiger partial charge in [0.25, 0.3) is 0 Å². The average Bonchev–Trinajstić information content (AvgIpc) is 2.47. The SMILES string of the molecule is NC(=O)Oc1ccc(C[CH]C(=O)NC2CCOCC2)cc1. The normalized spacial score (nSPS) is 15.4. The monoisotopic (exact) mass is 291 g/mol. The van der Waals surface area contributed by atoms with Gasteiger partial charge in [-0.2, -0.15) is 0 Å². The van der Waals surface area contributed by atoms with Gasteiger partial charge in [0.2, 0.25) is 5.91 Å². The molecule has 2 amide bonds. The highest BCUT2D eigenvalue weighted by Gasteiger charge is 2.15. The Morgan fingerprint density at radius 3 is 2.57 bits per heavy atom. The van der Waals surface area contributed by atoms with Gasteiger partial charge in [-0.05, 0) is 37.0 Å². The van der Waals surface area contributed by atoms with Gasteiger partial charge in [-0.1, -0.05) is 12.1 Å². The number of carbonyl (C=O) groups excluding carboxylic acids is 2. The first kappa shape index (κ1) is 15.3. The zero-order chi connectivity index (χ0) is 15.1. The van der Waals surface area contributed by atoms with Crippen LogP contribution in [-0.4, -0.2) is 31.3 Å². The molecule has 0 saturated carbocycles. The van der Waals surface area contributed by atoms with E-state index in [4.69, 9.17) is 15.2 Å². The van der Waals surface area contributed by atoms with Gasteiger partial charge in [0.1, 0.15) is 5.75 Å². The molecule has 2 rings (SSSR count). The Balaban J connectivity index is 1.74. The second-order valence-electron chi connectivity index (χ2n) is 4.87. The molecule has 1 aliphatic heterocycles. The van der Waals surface area contributed by atoms with Crippen molar-refractivity contribution < 1.29 is 19.1 Å². The molecule has 0 unspecified atom stereocenters. The number of hydrogen-bond donors (Lipinski definition) is 2. The van der Waals surface area contributed by atoms with Crippen LogP contribution in [0.1, 0.15) is 18.4 Å². The first-order chi connectivity index (χ1) is 10.1. The molecule has 1 saturated heterocycles. The summed E-state index contributed by atoms with van der Waals surface area (Å²) in [4.78, 5) is 22.4. The van der Waals surface area contributed by atoms with Crippen LogP contribution in [0.5, 0.6) is 5.75 Å². The molecule has 0 aromatic heterocycles. The summed E-state index contributed by atoms with van der Waals surface area (Å²) >= 11 is 0. The zero-order valence-corrected chi connectivity index (χ0v) is 11.7. The maximum absolute atomic E-state index is 11.8. The summed E-state index contributed by atoms with van der Waals surface area (Å²) in [5, 5.41) is 2.97. The van der Waals surface area contributed by atoms with E-state index in [-0.39, 0.29) is 11.9 Å². The Kier molecular flexibility index (Phi) is 5.57. The highest BCUT2D eigenvalue weighted by molar-refractivity contribution is 5.85. The number of nitrogens with one attached hydrogen (secondary N) is 1. The molecule has 0 atom stereocenters. The van der Waals surface area contributed by atoms with Gasteiger partial charge < -0.3 is 20.5 Å². The Hall–Kier alpha value is -2.08. The third kappa shape index (κ3) is 5.43. The minimum absolute atomic E-state index is 0.0700. The summed E-state index contributed by atoms with van der Waals surface area (Å²) in [5.74, 6) is 0.317. The predicted octanol–water partition coefficient (Wildman–Crippen LogP) is 1.19. The predicted molar refractivity (Wildman–Crippen MR) is 76.6 cm³/mol. The van der Waals surface area contributed by atoms with Gasteiger partial charge in [0.15, 0.2) is 0 Å². The lowest BCUT2D eigenvalue weighted by Gasteiger charge is -2.23. The zero-order valence-electron chi connectivity index (χ0n) is 11.7. The van der Waals surface area contributed by atoms with Crippen molar-refractivity contribution >= 4 is 12.0 Å². The number of primary amides is 1. The minimum Gasteiger partial charge on any atom is -0.411 e. The van der Waals surface area contributed by atoms with E-state index in [0.29, 0.717) is 25.4 Å². The van der Waals surface area contributed by atoms with Crippen LogP contribution in [0.3, 0.4) is 0 Å². The smallest absolute Gasteiger partial charge is 0.409 e. The standard InChI is InChI=1S/C15H19N2O4/c16-15(19)21-13-4-1-11(2-5-13)3-6-14(18)17-12-7-9-20-10-8-12/h1-2,4-6,12H,3,7-10H2,(H2,16,19)(H,17,18). The van der Waals surface area contributed by atoms with Crippen molar-refractivity contribution in [3.05, 3.63) is 36.2 Å². The van der Waals surface area contributed by atoms with E-state index in [9.17, 15) is 9.59 Å². The highest BCUT2D eigenvalue weighted by atomic mass is 16.5. The fraction of sp³-hybridized carbons (Fsp3) is 0.400. The van der Waals surface area contributed by atoms with Gasteiger partial charge in [-0.3, -0.25) is 4.79 Å². The summed E-state index contributed by atoms with van der Waals surface area (Å²) in [6.07, 6.45) is 3.01. The Morgan fingerprint density at radius 1 is 1.29 bits per heavy atom. The van der Waals surface area contributed by atoms with Crippen molar-refractivity contribution in [1.29, 1.82) is 0 Å². The van der Waals surface area contributed by atoms with Crippen molar-refractivity contribution in [3.8, 4) is 5.75 Å². The van der Waals surface area contributed by atoms with Crippen LogP contribution in [0.25, 0.3) is 0 Å². The number of benzene rings is 1. The molecule has 6 nitrogen and oxygen atoms in total. The molecular formula is C15H19N2O4. The molecule has 1 aromatic rings. The van der Waals surface area contributed by atoms with E-state index in [1.165, 1.54) is 0 Å². The van der Waals surface area contributed by atoms with Gasteiger partial charge in [0.05, 0.1) is 6.42 Å². The molecule has 1 aromatic carbocycles. The molecule has 3 N–H and O–H groups in total. The van der Waals surface area contributed by atoms with E-state index in [1.807, 2.05) is 0 Å². The molecular weight excluding hydrogens is 272 g/mol. The van der Waals surface area contributed by atoms with Crippen molar-refractivity contribution in [2.45, 2.75) is 25.3 Å². The lowest BCUT2D eigenvalue weighted by Crippen LogP contribution is -2.39. The van der Waals surface area contributed by atoms with Crippen molar-refractivity contribution in [2.75, 3.05) is 13.2 Å². The molecule has 0 spiro atoms. The number of nitrogens with two attached hydrogens (primary N) is 1. The number of carbonyl (C=O) groups is 2. The number of hydrogen-bond acceptors (Lipinski definition) is 4. The lowest BCUT2D eigenvalue weighted by atomic mass is 10.1. The molecule has 0 bridgehead atoms. The molecule has 1 heterocycles. The number of amides is 2. The van der Waals surface area contributed by atoms with Crippen LogP contribution in [0.15, 0.2) is 24.3 Å². The molecule has 1 aliphatic rings. The van der Waals surface area contributed by atoms with Crippen molar-refractivity contribution in [3.63, 3.8) is 0 Å². The average molecular weight is 291 g/mol. The number of ether oxygens (including phenoxy) is 2. The van der Waals surface area contributed by atoms with Gasteiger partial charge in [-0.25, -0.2) is 4.79 Å². The maximum Gasteiger partial charge on any atom is 0.409 e. The van der Waals surface area contributed by atoms with Crippen molar-refractivity contribution in [2.24, 2.45) is 5.73 Å². The number of rotatable bonds is 5. The molecule has 21 heavy (non-hydrogen) atoms. The fourth-order valence-corrected chi connectivity index (χ4v) is 2.12. The fourth-order valence-electron chi connectivity index (χ4n) is 2.12. The second-order valence-corrected chi connectivity index (χ2v) is 4.87. The summed E-state index contributed by atoms with van der Waals surface area (Å²) in [6, 6.07) is 7.07. The largest absolute Gasteiger partial charge is 0.411 e.